The summed E-state index contributed by atoms with van der Waals surface area (Å²) in [5.74, 6) is 0.524. The van der Waals surface area contributed by atoms with Gasteiger partial charge in [-0.15, -0.1) is 0 Å². The molecule has 0 heterocycles. The molecule has 1 rings (SSSR count). The maximum Gasteiger partial charge on any atom is 0.235 e. The third-order valence-electron chi connectivity index (χ3n) is 3.02. The van der Waals surface area contributed by atoms with E-state index in [9.17, 15) is 4.79 Å². The molecule has 20 heavy (non-hydrogen) atoms. The molecule has 0 fully saturated rings. The zero-order chi connectivity index (χ0) is 15.0. The molecule has 0 aliphatic rings. The first-order valence-corrected chi connectivity index (χ1v) is 7.56. The highest BCUT2D eigenvalue weighted by atomic mass is 32.1. The summed E-state index contributed by atoms with van der Waals surface area (Å²) < 4.78 is 5.08. The van der Waals surface area contributed by atoms with Crippen molar-refractivity contribution in [2.45, 2.75) is 25.5 Å². The third-order valence-corrected chi connectivity index (χ3v) is 3.42. The van der Waals surface area contributed by atoms with Crippen LogP contribution in [0.25, 0.3) is 0 Å². The second kappa shape index (κ2) is 9.03. The van der Waals surface area contributed by atoms with Crippen molar-refractivity contribution >= 4 is 18.5 Å². The lowest BCUT2D eigenvalue weighted by Crippen LogP contribution is -2.41. The van der Waals surface area contributed by atoms with Crippen molar-refractivity contribution < 1.29 is 9.53 Å². The van der Waals surface area contributed by atoms with Crippen LogP contribution in [-0.2, 0) is 16.0 Å². The number of hydrogen-bond acceptors (Lipinski definition) is 3. The van der Waals surface area contributed by atoms with Gasteiger partial charge in [-0.25, -0.2) is 0 Å². The average molecular weight is 295 g/mol. The Morgan fingerprint density at radius 1 is 1.30 bits per heavy atom. The monoisotopic (exact) mass is 295 g/mol. The molecule has 0 aliphatic heterocycles. The molecule has 0 aromatic heterocycles. The number of hydrogen-bond donors (Lipinski definition) is 1. The Kier molecular flexibility index (Phi) is 7.70. The number of methoxy groups -OCH3 is 1. The molecule has 0 saturated heterocycles. The number of rotatable bonds is 8. The Hall–Kier alpha value is -1.00. The fourth-order valence-electron chi connectivity index (χ4n) is 2.07. The molecule has 1 atom stereocenters. The van der Waals surface area contributed by atoms with E-state index < -0.39 is 0 Å². The fourth-order valence-corrected chi connectivity index (χ4v) is 2.44. The molecule has 1 unspecified atom stereocenters. The van der Waals surface area contributed by atoms with E-state index in [1.54, 1.807) is 7.11 Å². The van der Waals surface area contributed by atoms with E-state index in [1.807, 2.05) is 35.2 Å². The Balaban J connectivity index is 2.62. The van der Waals surface area contributed by atoms with Gasteiger partial charge in [-0.1, -0.05) is 44.2 Å². The van der Waals surface area contributed by atoms with Crippen LogP contribution in [0.1, 0.15) is 19.4 Å². The summed E-state index contributed by atoms with van der Waals surface area (Å²) in [5.41, 5.74) is 1.14. The van der Waals surface area contributed by atoms with Crippen molar-refractivity contribution in [3.63, 3.8) is 0 Å². The van der Waals surface area contributed by atoms with E-state index in [0.29, 0.717) is 25.5 Å². The van der Waals surface area contributed by atoms with Crippen LogP contribution in [0, 0.1) is 5.92 Å². The highest BCUT2D eigenvalue weighted by molar-refractivity contribution is 7.81. The number of nitrogens with zero attached hydrogens (tertiary/aromatic N) is 1. The van der Waals surface area contributed by atoms with Crippen LogP contribution in [0.3, 0.4) is 0 Å². The lowest BCUT2D eigenvalue weighted by atomic mass is 10.1. The highest BCUT2D eigenvalue weighted by Gasteiger charge is 2.22. The van der Waals surface area contributed by atoms with E-state index in [0.717, 1.165) is 12.1 Å². The number of carbonyl (C=O) groups excluding carboxylic acids is 1. The van der Waals surface area contributed by atoms with Gasteiger partial charge in [-0.05, 0) is 17.9 Å². The lowest BCUT2D eigenvalue weighted by Gasteiger charge is -2.27. The molecule has 0 spiro atoms. The number of ether oxygens (including phenoxy) is 1. The molecular formula is C16H25NO2S. The highest BCUT2D eigenvalue weighted by Crippen LogP contribution is 2.12. The maximum absolute atomic E-state index is 12.5. The van der Waals surface area contributed by atoms with Gasteiger partial charge < -0.3 is 9.64 Å². The van der Waals surface area contributed by atoms with E-state index >= 15 is 0 Å². The fraction of sp³-hybridized carbons (Fsp3) is 0.562. The van der Waals surface area contributed by atoms with Crippen LogP contribution in [0.2, 0.25) is 0 Å². The Morgan fingerprint density at radius 3 is 2.50 bits per heavy atom. The van der Waals surface area contributed by atoms with E-state index in [1.165, 1.54) is 0 Å². The lowest BCUT2D eigenvalue weighted by molar-refractivity contribution is -0.131. The molecule has 1 amide bonds. The van der Waals surface area contributed by atoms with Gasteiger partial charge in [0.1, 0.15) is 0 Å². The van der Waals surface area contributed by atoms with Crippen molar-refractivity contribution in [3.05, 3.63) is 35.9 Å². The molecule has 112 valence electrons. The van der Waals surface area contributed by atoms with Crippen LogP contribution >= 0.6 is 12.6 Å². The SMILES string of the molecule is COCCN(CC(C)C)C(=O)C(S)Cc1ccccc1. The molecule has 1 aromatic carbocycles. The average Bonchev–Trinajstić information content (AvgIpc) is 2.43. The summed E-state index contributed by atoms with van der Waals surface area (Å²) in [6.45, 7) is 6.15. The van der Waals surface area contributed by atoms with Gasteiger partial charge in [-0.2, -0.15) is 12.6 Å². The molecular weight excluding hydrogens is 270 g/mol. The molecule has 0 N–H and O–H groups in total. The van der Waals surface area contributed by atoms with Crippen LogP contribution in [0.15, 0.2) is 30.3 Å². The van der Waals surface area contributed by atoms with Gasteiger partial charge in [0.2, 0.25) is 5.91 Å². The smallest absolute Gasteiger partial charge is 0.235 e. The van der Waals surface area contributed by atoms with Crippen molar-refractivity contribution in [1.82, 2.24) is 4.90 Å². The topological polar surface area (TPSA) is 29.5 Å². The second-order valence-electron chi connectivity index (χ2n) is 5.38. The zero-order valence-electron chi connectivity index (χ0n) is 12.6. The number of benzene rings is 1. The van der Waals surface area contributed by atoms with Gasteiger partial charge in [0.15, 0.2) is 0 Å². The molecule has 4 heteroatoms. The first kappa shape index (κ1) is 17.1. The largest absolute Gasteiger partial charge is 0.383 e. The Bertz CT molecular complexity index is 395. The van der Waals surface area contributed by atoms with Crippen molar-refractivity contribution in [3.8, 4) is 0 Å². The molecule has 0 bridgehead atoms. The summed E-state index contributed by atoms with van der Waals surface area (Å²) in [5, 5.41) is -0.298. The Morgan fingerprint density at radius 2 is 1.95 bits per heavy atom. The summed E-state index contributed by atoms with van der Waals surface area (Å²) in [6.07, 6.45) is 0.657. The minimum atomic E-state index is -0.298. The minimum Gasteiger partial charge on any atom is -0.383 e. The van der Waals surface area contributed by atoms with Crippen molar-refractivity contribution in [2.75, 3.05) is 26.8 Å². The van der Waals surface area contributed by atoms with E-state index in [-0.39, 0.29) is 11.2 Å². The summed E-state index contributed by atoms with van der Waals surface area (Å²) >= 11 is 4.49. The van der Waals surface area contributed by atoms with Gasteiger partial charge in [0.05, 0.1) is 11.9 Å². The van der Waals surface area contributed by atoms with Gasteiger partial charge in [-0.3, -0.25) is 4.79 Å². The summed E-state index contributed by atoms with van der Waals surface area (Å²) in [7, 11) is 1.65. The predicted octanol–water partition coefficient (Wildman–Crippen LogP) is 2.66. The third kappa shape index (κ3) is 5.97. The maximum atomic E-state index is 12.5. The standard InChI is InChI=1S/C16H25NO2S/c1-13(2)12-17(9-10-19-3)16(18)15(20)11-14-7-5-4-6-8-14/h4-8,13,15,20H,9-12H2,1-3H3. The molecule has 0 saturated carbocycles. The van der Waals surface area contributed by atoms with Crippen LogP contribution in [0.5, 0.6) is 0 Å². The number of amides is 1. The van der Waals surface area contributed by atoms with Gasteiger partial charge >= 0.3 is 0 Å². The zero-order valence-corrected chi connectivity index (χ0v) is 13.5. The van der Waals surface area contributed by atoms with E-state index in [2.05, 4.69) is 26.5 Å². The number of carbonyl (C=O) groups is 1. The predicted molar refractivity (Wildman–Crippen MR) is 86.2 cm³/mol. The Labute approximate surface area is 127 Å². The minimum absolute atomic E-state index is 0.0861. The van der Waals surface area contributed by atoms with Crippen LogP contribution < -0.4 is 0 Å². The normalized spacial score (nSPS) is 12.4. The summed E-state index contributed by atoms with van der Waals surface area (Å²) in [6, 6.07) is 9.99. The first-order chi connectivity index (χ1) is 9.54. The van der Waals surface area contributed by atoms with Crippen molar-refractivity contribution in [1.29, 1.82) is 0 Å². The second-order valence-corrected chi connectivity index (χ2v) is 6.00. The molecule has 0 aliphatic carbocycles. The summed E-state index contributed by atoms with van der Waals surface area (Å²) in [4.78, 5) is 14.3. The van der Waals surface area contributed by atoms with E-state index in [4.69, 9.17) is 4.74 Å². The molecule has 1 aromatic rings. The molecule has 3 nitrogen and oxygen atoms in total. The van der Waals surface area contributed by atoms with Gasteiger partial charge in [0, 0.05) is 20.2 Å². The number of thiol groups is 1. The van der Waals surface area contributed by atoms with Crippen LogP contribution in [-0.4, -0.2) is 42.9 Å². The van der Waals surface area contributed by atoms with Crippen LogP contribution in [0.4, 0.5) is 0 Å². The molecule has 0 radical (unpaired) electrons. The van der Waals surface area contributed by atoms with Gasteiger partial charge in [0.25, 0.3) is 0 Å². The quantitative estimate of drug-likeness (QED) is 0.747. The van der Waals surface area contributed by atoms with Crippen molar-refractivity contribution in [2.24, 2.45) is 5.92 Å². The first-order valence-electron chi connectivity index (χ1n) is 7.04.